The molecule has 0 amide bonds. The Kier molecular flexibility index (Phi) is 5.16. The van der Waals surface area contributed by atoms with Gasteiger partial charge in [0.1, 0.15) is 29.4 Å². The van der Waals surface area contributed by atoms with Gasteiger partial charge in [-0.2, -0.15) is 15.6 Å². The van der Waals surface area contributed by atoms with Crippen LogP contribution in [0.3, 0.4) is 0 Å². The normalized spacial score (nSPS) is 18.1. The number of fused-ring (bicyclic) bond motifs is 2. The van der Waals surface area contributed by atoms with Gasteiger partial charge >= 0.3 is 0 Å². The summed E-state index contributed by atoms with van der Waals surface area (Å²) in [6, 6.07) is 6.63. The molecule has 1 N–H and O–H groups in total. The highest BCUT2D eigenvalue weighted by molar-refractivity contribution is 7.99. The average molecular weight is 468 g/mol. The molecular weight excluding hydrogens is 446 g/mol. The third kappa shape index (κ3) is 3.39. The van der Waals surface area contributed by atoms with Crippen LogP contribution in [0.25, 0.3) is 22.3 Å². The molecule has 0 bridgehead atoms. The second-order valence-electron chi connectivity index (χ2n) is 8.62. The maximum absolute atomic E-state index is 9.85. The van der Waals surface area contributed by atoms with Crippen molar-refractivity contribution in [2.24, 2.45) is 5.92 Å². The van der Waals surface area contributed by atoms with Gasteiger partial charge in [0, 0.05) is 59.2 Å². The Morgan fingerprint density at radius 3 is 3.06 bits per heavy atom. The zero-order valence-electron chi connectivity index (χ0n) is 18.3. The molecule has 2 aliphatic heterocycles. The topological polar surface area (TPSA) is 123 Å². The third-order valence-corrected chi connectivity index (χ3v) is 7.92. The van der Waals surface area contributed by atoms with Gasteiger partial charge in [-0.05, 0) is 24.5 Å². The molecule has 4 aromatic rings. The summed E-state index contributed by atoms with van der Waals surface area (Å²) in [5, 5.41) is 25.0. The average Bonchev–Trinajstić information content (AvgIpc) is 3.67. The zero-order chi connectivity index (χ0) is 23.1. The zero-order valence-corrected chi connectivity index (χ0v) is 19.2. The molecule has 34 heavy (non-hydrogen) atoms. The fourth-order valence-electron chi connectivity index (χ4n) is 5.08. The summed E-state index contributed by atoms with van der Waals surface area (Å²) in [5.41, 5.74) is 4.37. The van der Waals surface area contributed by atoms with E-state index in [1.165, 1.54) is 5.56 Å². The Morgan fingerprint density at radius 2 is 2.18 bits per heavy atom. The van der Waals surface area contributed by atoms with E-state index in [0.29, 0.717) is 12.0 Å². The fourth-order valence-corrected chi connectivity index (χ4v) is 6.23. The van der Waals surface area contributed by atoms with E-state index in [9.17, 15) is 10.5 Å². The molecule has 4 aromatic heterocycles. The highest BCUT2D eigenvalue weighted by atomic mass is 32.2. The molecule has 0 aliphatic carbocycles. The van der Waals surface area contributed by atoms with E-state index in [-0.39, 0.29) is 12.0 Å². The van der Waals surface area contributed by atoms with Gasteiger partial charge in [-0.3, -0.25) is 4.68 Å². The molecule has 0 aromatic carbocycles. The minimum Gasteiger partial charge on any atom is -0.355 e. The Bertz CT molecular complexity index is 1460. The van der Waals surface area contributed by atoms with Crippen LogP contribution in [0.15, 0.2) is 42.1 Å². The molecule has 1 saturated heterocycles. The second-order valence-corrected chi connectivity index (χ2v) is 9.72. The third-order valence-electron chi connectivity index (χ3n) is 6.75. The lowest BCUT2D eigenvalue weighted by atomic mass is 9.96. The van der Waals surface area contributed by atoms with Gasteiger partial charge in [0.2, 0.25) is 0 Å². The molecule has 9 nitrogen and oxygen atoms in total. The summed E-state index contributed by atoms with van der Waals surface area (Å²) in [5.74, 6) is 2.00. The predicted octanol–water partition coefficient (Wildman–Crippen LogP) is 3.72. The van der Waals surface area contributed by atoms with Gasteiger partial charge in [0.05, 0.1) is 30.4 Å². The van der Waals surface area contributed by atoms with Crippen LogP contribution in [0.4, 0.5) is 5.82 Å². The Hall–Kier alpha value is -3.89. The number of nitrogens with one attached hydrogen (secondary N) is 1. The molecule has 10 heteroatoms. The number of aromatic amines is 1. The SMILES string of the molecule is N#CCC(C1CCN(c2ncc3c(c2C#N)SCC3)C1)n1cc(-c2ncnc3[nH]ccc23)cn1. The van der Waals surface area contributed by atoms with Crippen molar-refractivity contribution in [2.75, 3.05) is 23.7 Å². The minimum absolute atomic E-state index is 0.0679. The number of aryl methyl sites for hydroxylation is 1. The smallest absolute Gasteiger partial charge is 0.147 e. The quantitative estimate of drug-likeness (QED) is 0.471. The standard InChI is InChI=1S/C24H21N9S/c25-5-1-20(33-13-17(11-31-33)21-18-2-6-27-23(18)30-14-29-21)16-3-7-32(12-16)24-19(9-26)22-15(10-28-24)4-8-34-22/h2,6,10-11,13-14,16,20H,1,3-4,7-8,12H2,(H,27,29,30). The number of pyridine rings is 1. The molecule has 1 fully saturated rings. The van der Waals surface area contributed by atoms with Gasteiger partial charge in [-0.25, -0.2) is 15.0 Å². The van der Waals surface area contributed by atoms with E-state index in [2.05, 4.69) is 42.1 Å². The number of nitriles is 2. The van der Waals surface area contributed by atoms with Crippen molar-refractivity contribution in [1.82, 2.24) is 29.7 Å². The summed E-state index contributed by atoms with van der Waals surface area (Å²) >= 11 is 1.75. The van der Waals surface area contributed by atoms with Crippen LogP contribution in [0.5, 0.6) is 0 Å². The Labute approximate surface area is 200 Å². The monoisotopic (exact) mass is 467 g/mol. The lowest BCUT2D eigenvalue weighted by Gasteiger charge is -2.23. The van der Waals surface area contributed by atoms with Gasteiger partial charge in [0.15, 0.2) is 0 Å². The maximum Gasteiger partial charge on any atom is 0.147 e. The van der Waals surface area contributed by atoms with E-state index < -0.39 is 0 Å². The van der Waals surface area contributed by atoms with Crippen LogP contribution in [-0.4, -0.2) is 48.6 Å². The van der Waals surface area contributed by atoms with Crippen molar-refractivity contribution in [3.63, 3.8) is 0 Å². The number of thioether (sulfide) groups is 1. The first-order valence-corrected chi connectivity index (χ1v) is 12.2. The molecule has 0 radical (unpaired) electrons. The molecular formula is C24H21N9S. The molecule has 2 atom stereocenters. The van der Waals surface area contributed by atoms with E-state index in [4.69, 9.17) is 0 Å². The van der Waals surface area contributed by atoms with Crippen molar-refractivity contribution < 1.29 is 0 Å². The van der Waals surface area contributed by atoms with Gasteiger partial charge in [0.25, 0.3) is 0 Å². The van der Waals surface area contributed by atoms with E-state index in [1.54, 1.807) is 24.3 Å². The Morgan fingerprint density at radius 1 is 1.24 bits per heavy atom. The number of aromatic nitrogens is 6. The van der Waals surface area contributed by atoms with E-state index >= 15 is 0 Å². The summed E-state index contributed by atoms with van der Waals surface area (Å²) in [6.07, 6.45) is 11.3. The molecule has 168 valence electrons. The maximum atomic E-state index is 9.85. The van der Waals surface area contributed by atoms with Crippen LogP contribution >= 0.6 is 11.8 Å². The Balaban J connectivity index is 1.28. The van der Waals surface area contributed by atoms with Crippen molar-refractivity contribution >= 4 is 28.6 Å². The number of hydrogen-bond donors (Lipinski definition) is 1. The summed E-state index contributed by atoms with van der Waals surface area (Å²) in [4.78, 5) is 19.8. The van der Waals surface area contributed by atoms with Gasteiger partial charge in [-0.1, -0.05) is 0 Å². The van der Waals surface area contributed by atoms with Crippen LogP contribution in [0.1, 0.15) is 30.0 Å². The summed E-state index contributed by atoms with van der Waals surface area (Å²) in [6.45, 7) is 1.55. The molecule has 2 aliphatic rings. The van der Waals surface area contributed by atoms with Crippen molar-refractivity contribution in [2.45, 2.75) is 30.2 Å². The summed E-state index contributed by atoms with van der Waals surface area (Å²) in [7, 11) is 0. The van der Waals surface area contributed by atoms with Crippen LogP contribution < -0.4 is 4.90 Å². The lowest BCUT2D eigenvalue weighted by molar-refractivity contribution is 0.332. The second kappa shape index (κ2) is 8.47. The number of nitrogens with zero attached hydrogens (tertiary/aromatic N) is 8. The number of anilines is 1. The van der Waals surface area contributed by atoms with Crippen LogP contribution in [0, 0.1) is 28.6 Å². The van der Waals surface area contributed by atoms with E-state index in [1.807, 2.05) is 29.3 Å². The molecule has 0 spiro atoms. The molecule has 0 saturated carbocycles. The fraction of sp³-hybridized carbons (Fsp3) is 0.333. The number of rotatable bonds is 5. The van der Waals surface area contributed by atoms with Gasteiger partial charge in [-0.15, -0.1) is 11.8 Å². The first-order chi connectivity index (χ1) is 16.8. The first-order valence-electron chi connectivity index (χ1n) is 11.3. The van der Waals surface area contributed by atoms with Crippen molar-refractivity contribution in [3.8, 4) is 23.4 Å². The first kappa shape index (κ1) is 20.7. The van der Waals surface area contributed by atoms with E-state index in [0.717, 1.165) is 64.7 Å². The van der Waals surface area contributed by atoms with Crippen molar-refractivity contribution in [1.29, 1.82) is 10.5 Å². The molecule has 6 heterocycles. The lowest BCUT2D eigenvalue weighted by Crippen LogP contribution is -2.26. The molecule has 6 rings (SSSR count). The van der Waals surface area contributed by atoms with Gasteiger partial charge < -0.3 is 9.88 Å². The minimum atomic E-state index is -0.0679. The molecule has 2 unspecified atom stereocenters. The highest BCUT2D eigenvalue weighted by Crippen LogP contribution is 2.40. The summed E-state index contributed by atoms with van der Waals surface area (Å²) < 4.78 is 1.91. The van der Waals surface area contributed by atoms with Crippen molar-refractivity contribution in [3.05, 3.63) is 48.3 Å². The largest absolute Gasteiger partial charge is 0.355 e. The number of hydrogen-bond acceptors (Lipinski definition) is 8. The van der Waals surface area contributed by atoms with Crippen LogP contribution in [0.2, 0.25) is 0 Å². The predicted molar refractivity (Wildman–Crippen MR) is 128 cm³/mol. The van der Waals surface area contributed by atoms with Crippen LogP contribution in [-0.2, 0) is 6.42 Å². The number of H-pyrrole nitrogens is 1. The highest BCUT2D eigenvalue weighted by Gasteiger charge is 2.34.